The van der Waals surface area contributed by atoms with Gasteiger partial charge in [0.15, 0.2) is 0 Å². The van der Waals surface area contributed by atoms with Crippen molar-refractivity contribution in [1.82, 2.24) is 15.2 Å². The number of aryl methyl sites for hydroxylation is 2. The number of hydrogen-bond acceptors (Lipinski definition) is 3. The molecule has 0 spiro atoms. The second-order valence-corrected chi connectivity index (χ2v) is 3.79. The fourth-order valence-electron chi connectivity index (χ4n) is 2.21. The minimum atomic E-state index is 0.582. The molecule has 0 aliphatic heterocycles. The molecule has 0 unspecified atom stereocenters. The van der Waals surface area contributed by atoms with Gasteiger partial charge in [0.25, 0.3) is 0 Å². The van der Waals surface area contributed by atoms with Crippen molar-refractivity contribution >= 4 is 16.7 Å². The number of aromatic nitrogens is 3. The average Bonchev–Trinajstić information content (AvgIpc) is 2.67. The van der Waals surface area contributed by atoms with Crippen molar-refractivity contribution in [2.75, 3.05) is 5.73 Å². The Labute approximate surface area is 81.5 Å². The van der Waals surface area contributed by atoms with Crippen molar-refractivity contribution in [3.63, 3.8) is 0 Å². The molecule has 2 aromatic heterocycles. The summed E-state index contributed by atoms with van der Waals surface area (Å²) in [4.78, 5) is 4.42. The first-order valence-electron chi connectivity index (χ1n) is 4.96. The van der Waals surface area contributed by atoms with Gasteiger partial charge in [-0.25, -0.2) is 4.98 Å². The van der Waals surface area contributed by atoms with Gasteiger partial charge in [0.2, 0.25) is 0 Å². The van der Waals surface area contributed by atoms with E-state index in [1.54, 1.807) is 0 Å². The minimum absolute atomic E-state index is 0.582. The highest BCUT2D eigenvalue weighted by atomic mass is 15.1. The standard InChI is InChI=1S/C10H12N4/c11-10-9-7(5-12-14-9)6-3-1-2-4-8(6)13-10/h5H,1-4H2,(H2,11,13)(H,12,14). The summed E-state index contributed by atoms with van der Waals surface area (Å²) in [5, 5.41) is 8.09. The van der Waals surface area contributed by atoms with Crippen LogP contribution in [0.1, 0.15) is 24.1 Å². The Bertz CT molecular complexity index is 486. The maximum absolute atomic E-state index is 5.84. The van der Waals surface area contributed by atoms with Gasteiger partial charge in [-0.3, -0.25) is 5.10 Å². The highest BCUT2D eigenvalue weighted by molar-refractivity contribution is 5.90. The number of H-pyrrole nitrogens is 1. The van der Waals surface area contributed by atoms with E-state index in [9.17, 15) is 0 Å². The lowest BCUT2D eigenvalue weighted by Crippen LogP contribution is -2.07. The van der Waals surface area contributed by atoms with E-state index in [4.69, 9.17) is 5.73 Å². The van der Waals surface area contributed by atoms with Crippen LogP contribution in [0, 0.1) is 0 Å². The molecule has 14 heavy (non-hydrogen) atoms. The number of nitrogens with zero attached hydrogens (tertiary/aromatic N) is 2. The fraction of sp³-hybridized carbons (Fsp3) is 0.400. The summed E-state index contributed by atoms with van der Waals surface area (Å²) in [5.74, 6) is 0.582. The molecular weight excluding hydrogens is 176 g/mol. The van der Waals surface area contributed by atoms with E-state index in [0.717, 1.165) is 23.7 Å². The number of rotatable bonds is 0. The molecule has 1 aliphatic carbocycles. The Morgan fingerprint density at radius 3 is 3.07 bits per heavy atom. The number of fused-ring (bicyclic) bond motifs is 3. The van der Waals surface area contributed by atoms with Crippen molar-refractivity contribution in [2.24, 2.45) is 0 Å². The molecule has 72 valence electrons. The maximum atomic E-state index is 5.84. The number of nitrogens with two attached hydrogens (primary N) is 1. The van der Waals surface area contributed by atoms with Crippen LogP contribution in [-0.2, 0) is 12.8 Å². The number of hydrogen-bond donors (Lipinski definition) is 2. The molecule has 0 saturated heterocycles. The Kier molecular flexibility index (Phi) is 1.50. The van der Waals surface area contributed by atoms with Gasteiger partial charge in [-0.2, -0.15) is 5.10 Å². The topological polar surface area (TPSA) is 67.6 Å². The molecule has 3 rings (SSSR count). The first-order chi connectivity index (χ1) is 6.86. The number of anilines is 1. The quantitative estimate of drug-likeness (QED) is 0.657. The smallest absolute Gasteiger partial charge is 0.149 e. The van der Waals surface area contributed by atoms with E-state index in [-0.39, 0.29) is 0 Å². The van der Waals surface area contributed by atoms with Crippen LogP contribution in [-0.4, -0.2) is 15.2 Å². The first kappa shape index (κ1) is 7.79. The molecule has 0 saturated carbocycles. The van der Waals surface area contributed by atoms with Crippen LogP contribution in [0.4, 0.5) is 5.82 Å². The largest absolute Gasteiger partial charge is 0.382 e. The summed E-state index contributed by atoms with van der Waals surface area (Å²) in [5.41, 5.74) is 9.25. The number of pyridine rings is 1. The first-order valence-corrected chi connectivity index (χ1v) is 4.96. The number of nitrogen functional groups attached to an aromatic ring is 1. The van der Waals surface area contributed by atoms with Crippen LogP contribution >= 0.6 is 0 Å². The van der Waals surface area contributed by atoms with E-state index in [0.29, 0.717) is 5.82 Å². The third kappa shape index (κ3) is 0.937. The summed E-state index contributed by atoms with van der Waals surface area (Å²) in [6.45, 7) is 0. The summed E-state index contributed by atoms with van der Waals surface area (Å²) < 4.78 is 0. The van der Waals surface area contributed by atoms with Gasteiger partial charge in [-0.15, -0.1) is 0 Å². The number of nitrogens with one attached hydrogen (secondary N) is 1. The van der Waals surface area contributed by atoms with Gasteiger partial charge in [0.05, 0.1) is 6.20 Å². The molecular formula is C10H12N4. The second kappa shape index (κ2) is 2.70. The minimum Gasteiger partial charge on any atom is -0.382 e. The van der Waals surface area contributed by atoms with Crippen molar-refractivity contribution in [1.29, 1.82) is 0 Å². The normalized spacial score (nSPS) is 15.7. The average molecular weight is 188 g/mol. The zero-order valence-corrected chi connectivity index (χ0v) is 7.88. The Morgan fingerprint density at radius 2 is 2.14 bits per heavy atom. The Morgan fingerprint density at radius 1 is 1.29 bits per heavy atom. The van der Waals surface area contributed by atoms with Gasteiger partial charge in [-0.1, -0.05) is 0 Å². The van der Waals surface area contributed by atoms with Crippen LogP contribution in [0.5, 0.6) is 0 Å². The van der Waals surface area contributed by atoms with Crippen molar-refractivity contribution in [2.45, 2.75) is 25.7 Å². The highest BCUT2D eigenvalue weighted by Crippen LogP contribution is 2.28. The predicted molar refractivity (Wildman–Crippen MR) is 54.9 cm³/mol. The van der Waals surface area contributed by atoms with Crippen LogP contribution in [0.15, 0.2) is 6.20 Å². The van der Waals surface area contributed by atoms with Gasteiger partial charge in [0, 0.05) is 11.1 Å². The van der Waals surface area contributed by atoms with Gasteiger partial charge in [-0.05, 0) is 31.2 Å². The molecule has 0 amide bonds. The molecule has 0 atom stereocenters. The van der Waals surface area contributed by atoms with Gasteiger partial charge >= 0.3 is 0 Å². The maximum Gasteiger partial charge on any atom is 0.149 e. The third-order valence-electron chi connectivity index (χ3n) is 2.91. The fourth-order valence-corrected chi connectivity index (χ4v) is 2.21. The molecule has 3 N–H and O–H groups in total. The summed E-state index contributed by atoms with van der Waals surface area (Å²) in [7, 11) is 0. The molecule has 2 heterocycles. The molecule has 0 radical (unpaired) electrons. The van der Waals surface area contributed by atoms with Crippen LogP contribution in [0.2, 0.25) is 0 Å². The van der Waals surface area contributed by atoms with E-state index in [1.807, 2.05) is 6.20 Å². The molecule has 4 nitrogen and oxygen atoms in total. The monoisotopic (exact) mass is 188 g/mol. The Hall–Kier alpha value is -1.58. The lowest BCUT2D eigenvalue weighted by atomic mass is 9.94. The van der Waals surface area contributed by atoms with Crippen LogP contribution in [0.3, 0.4) is 0 Å². The van der Waals surface area contributed by atoms with E-state index < -0.39 is 0 Å². The van der Waals surface area contributed by atoms with Gasteiger partial charge in [0.1, 0.15) is 11.3 Å². The van der Waals surface area contributed by atoms with Crippen molar-refractivity contribution < 1.29 is 0 Å². The SMILES string of the molecule is Nc1nc2c(c3cn[nH]c13)CCCC2. The Balaban J connectivity index is 2.38. The van der Waals surface area contributed by atoms with E-state index >= 15 is 0 Å². The summed E-state index contributed by atoms with van der Waals surface area (Å²) in [6, 6.07) is 0. The molecule has 0 fully saturated rings. The zero-order valence-electron chi connectivity index (χ0n) is 7.88. The van der Waals surface area contributed by atoms with E-state index in [2.05, 4.69) is 15.2 Å². The summed E-state index contributed by atoms with van der Waals surface area (Å²) >= 11 is 0. The zero-order chi connectivity index (χ0) is 9.54. The predicted octanol–water partition coefficient (Wildman–Crippen LogP) is 1.42. The van der Waals surface area contributed by atoms with Gasteiger partial charge < -0.3 is 5.73 Å². The molecule has 1 aliphatic rings. The van der Waals surface area contributed by atoms with Crippen LogP contribution < -0.4 is 5.73 Å². The molecule has 0 aromatic carbocycles. The molecule has 0 bridgehead atoms. The third-order valence-corrected chi connectivity index (χ3v) is 2.91. The summed E-state index contributed by atoms with van der Waals surface area (Å²) in [6.07, 6.45) is 6.50. The highest BCUT2D eigenvalue weighted by Gasteiger charge is 2.16. The lowest BCUT2D eigenvalue weighted by Gasteiger charge is -2.15. The lowest BCUT2D eigenvalue weighted by molar-refractivity contribution is 0.674. The molecule has 4 heteroatoms. The second-order valence-electron chi connectivity index (χ2n) is 3.79. The van der Waals surface area contributed by atoms with E-state index in [1.165, 1.54) is 24.1 Å². The van der Waals surface area contributed by atoms with Crippen LogP contribution in [0.25, 0.3) is 10.9 Å². The van der Waals surface area contributed by atoms with Crippen molar-refractivity contribution in [3.05, 3.63) is 17.5 Å². The van der Waals surface area contributed by atoms with Crippen molar-refractivity contribution in [3.8, 4) is 0 Å². The number of aromatic amines is 1. The molecule has 2 aromatic rings.